The third-order valence-corrected chi connectivity index (χ3v) is 4.00. The van der Waals surface area contributed by atoms with Gasteiger partial charge in [-0.2, -0.15) is 0 Å². The number of carbonyl (C=O) groups excluding carboxylic acids is 1. The molecule has 76 valence electrons. The Morgan fingerprint density at radius 1 is 1.53 bits per heavy atom. The van der Waals surface area contributed by atoms with Crippen molar-refractivity contribution in [2.75, 3.05) is 0 Å². The minimum absolute atomic E-state index is 0.248. The van der Waals surface area contributed by atoms with Gasteiger partial charge in [0.25, 0.3) is 0 Å². The predicted molar refractivity (Wildman–Crippen MR) is 61.3 cm³/mol. The van der Waals surface area contributed by atoms with E-state index in [9.17, 15) is 4.79 Å². The van der Waals surface area contributed by atoms with Gasteiger partial charge in [-0.05, 0) is 30.9 Å². The van der Waals surface area contributed by atoms with Crippen LogP contribution < -0.4 is 0 Å². The van der Waals surface area contributed by atoms with Gasteiger partial charge in [0.2, 0.25) is 0 Å². The molecule has 0 spiro atoms. The van der Waals surface area contributed by atoms with E-state index in [2.05, 4.69) is 11.1 Å². The Morgan fingerprint density at radius 3 is 3.13 bits per heavy atom. The second kappa shape index (κ2) is 3.14. The average Bonchev–Trinajstić information content (AvgIpc) is 2.91. The number of fused-ring (bicyclic) bond motifs is 1. The van der Waals surface area contributed by atoms with Gasteiger partial charge in [-0.15, -0.1) is 11.3 Å². The first-order valence-corrected chi connectivity index (χ1v) is 5.92. The van der Waals surface area contributed by atoms with E-state index in [1.165, 1.54) is 10.3 Å². The van der Waals surface area contributed by atoms with Gasteiger partial charge in [0, 0.05) is 5.92 Å². The van der Waals surface area contributed by atoms with E-state index in [-0.39, 0.29) is 5.92 Å². The molecule has 2 nitrogen and oxygen atoms in total. The van der Waals surface area contributed by atoms with Crippen LogP contribution in [0.15, 0.2) is 18.2 Å². The number of thiazole rings is 1. The third-order valence-electron chi connectivity index (χ3n) is 2.97. The van der Waals surface area contributed by atoms with Crippen LogP contribution in [-0.4, -0.2) is 11.3 Å². The van der Waals surface area contributed by atoms with Crippen molar-refractivity contribution in [3.63, 3.8) is 0 Å². The first-order valence-electron chi connectivity index (χ1n) is 5.11. The van der Waals surface area contributed by atoms with Crippen molar-refractivity contribution in [2.24, 2.45) is 5.92 Å². The molecule has 0 N–H and O–H groups in total. The summed E-state index contributed by atoms with van der Waals surface area (Å²) in [7, 11) is 0. The zero-order valence-electron chi connectivity index (χ0n) is 8.43. The monoisotopic (exact) mass is 217 g/mol. The normalized spacial score (nSPS) is 24.3. The Kier molecular flexibility index (Phi) is 1.89. The van der Waals surface area contributed by atoms with Crippen molar-refractivity contribution in [3.05, 3.63) is 28.8 Å². The first-order chi connectivity index (χ1) is 7.29. The lowest BCUT2D eigenvalue weighted by Gasteiger charge is -1.98. The molecule has 2 aromatic rings. The standard InChI is InChI=1S/C12H11NOS/c1-7-13-11-4-2-3-9(12(11)15-7)10-5-8(10)6-14/h2-4,6,8,10H,5H2,1H3. The number of benzene rings is 1. The number of aromatic nitrogens is 1. The lowest BCUT2D eigenvalue weighted by Crippen LogP contribution is -1.84. The molecule has 2 unspecified atom stereocenters. The lowest BCUT2D eigenvalue weighted by molar-refractivity contribution is -0.108. The largest absolute Gasteiger partial charge is 0.303 e. The van der Waals surface area contributed by atoms with Gasteiger partial charge in [-0.1, -0.05) is 12.1 Å². The van der Waals surface area contributed by atoms with Crippen molar-refractivity contribution in [3.8, 4) is 0 Å². The number of aryl methyl sites for hydroxylation is 1. The van der Waals surface area contributed by atoms with Crippen LogP contribution in [0.1, 0.15) is 22.9 Å². The van der Waals surface area contributed by atoms with E-state index in [1.54, 1.807) is 11.3 Å². The number of aldehydes is 1. The quantitative estimate of drug-likeness (QED) is 0.724. The summed E-state index contributed by atoms with van der Waals surface area (Å²) >= 11 is 1.73. The van der Waals surface area contributed by atoms with E-state index >= 15 is 0 Å². The highest BCUT2D eigenvalue weighted by Gasteiger charge is 2.39. The van der Waals surface area contributed by atoms with Crippen molar-refractivity contribution in [1.29, 1.82) is 0 Å². The maximum absolute atomic E-state index is 10.7. The van der Waals surface area contributed by atoms with E-state index in [0.717, 1.165) is 23.2 Å². The molecule has 15 heavy (non-hydrogen) atoms. The Labute approximate surface area is 92.0 Å². The molecule has 1 aromatic heterocycles. The van der Waals surface area contributed by atoms with Gasteiger partial charge in [-0.3, -0.25) is 0 Å². The van der Waals surface area contributed by atoms with Crippen molar-refractivity contribution >= 4 is 27.8 Å². The van der Waals surface area contributed by atoms with Crippen LogP contribution in [0.25, 0.3) is 10.2 Å². The third kappa shape index (κ3) is 1.38. The van der Waals surface area contributed by atoms with Crippen LogP contribution in [-0.2, 0) is 4.79 Å². The fourth-order valence-electron chi connectivity index (χ4n) is 2.10. The van der Waals surface area contributed by atoms with Crippen LogP contribution in [0.5, 0.6) is 0 Å². The number of carbonyl (C=O) groups is 1. The van der Waals surface area contributed by atoms with E-state index in [0.29, 0.717) is 5.92 Å². The highest BCUT2D eigenvalue weighted by Crippen LogP contribution is 2.48. The summed E-state index contributed by atoms with van der Waals surface area (Å²) in [4.78, 5) is 15.1. The van der Waals surface area contributed by atoms with Crippen molar-refractivity contribution in [1.82, 2.24) is 4.98 Å². The Morgan fingerprint density at radius 2 is 2.40 bits per heavy atom. The summed E-state index contributed by atoms with van der Waals surface area (Å²) in [6.45, 7) is 2.03. The summed E-state index contributed by atoms with van der Waals surface area (Å²) in [6, 6.07) is 6.21. The molecule has 0 aliphatic heterocycles. The maximum Gasteiger partial charge on any atom is 0.123 e. The molecule has 1 aliphatic rings. The highest BCUT2D eigenvalue weighted by atomic mass is 32.1. The molecule has 0 radical (unpaired) electrons. The van der Waals surface area contributed by atoms with Gasteiger partial charge in [0.05, 0.1) is 15.2 Å². The lowest BCUT2D eigenvalue weighted by atomic mass is 10.1. The fraction of sp³-hybridized carbons (Fsp3) is 0.333. The van der Waals surface area contributed by atoms with Gasteiger partial charge >= 0.3 is 0 Å². The molecule has 0 saturated heterocycles. The molecule has 1 saturated carbocycles. The van der Waals surface area contributed by atoms with Crippen LogP contribution >= 0.6 is 11.3 Å². The number of hydrogen-bond donors (Lipinski definition) is 0. The second-order valence-electron chi connectivity index (χ2n) is 4.07. The second-order valence-corrected chi connectivity index (χ2v) is 5.27. The molecule has 1 heterocycles. The van der Waals surface area contributed by atoms with E-state index in [4.69, 9.17) is 0 Å². The highest BCUT2D eigenvalue weighted by molar-refractivity contribution is 7.18. The molecular formula is C12H11NOS. The summed E-state index contributed by atoms with van der Waals surface area (Å²) < 4.78 is 1.27. The summed E-state index contributed by atoms with van der Waals surface area (Å²) in [5.74, 6) is 0.698. The zero-order valence-corrected chi connectivity index (χ0v) is 9.25. The first kappa shape index (κ1) is 9.04. The van der Waals surface area contributed by atoms with Crippen molar-refractivity contribution in [2.45, 2.75) is 19.3 Å². The Balaban J connectivity index is 2.14. The Bertz CT molecular complexity index is 531. The van der Waals surface area contributed by atoms with Gasteiger partial charge < -0.3 is 4.79 Å². The maximum atomic E-state index is 10.7. The molecular weight excluding hydrogens is 206 g/mol. The number of nitrogens with zero attached hydrogens (tertiary/aromatic N) is 1. The topological polar surface area (TPSA) is 30.0 Å². The molecule has 1 fully saturated rings. The van der Waals surface area contributed by atoms with Crippen LogP contribution in [0.4, 0.5) is 0 Å². The van der Waals surface area contributed by atoms with Crippen molar-refractivity contribution < 1.29 is 4.79 Å². The number of hydrogen-bond acceptors (Lipinski definition) is 3. The fourth-order valence-corrected chi connectivity index (χ4v) is 3.09. The van der Waals surface area contributed by atoms with Crippen LogP contribution in [0.2, 0.25) is 0 Å². The summed E-state index contributed by atoms with van der Waals surface area (Å²) in [6.07, 6.45) is 2.09. The molecule has 3 rings (SSSR count). The zero-order chi connectivity index (χ0) is 10.4. The minimum Gasteiger partial charge on any atom is -0.303 e. The molecule has 0 amide bonds. The molecule has 1 aliphatic carbocycles. The summed E-state index contributed by atoms with van der Waals surface area (Å²) in [5, 5.41) is 1.10. The van der Waals surface area contributed by atoms with Gasteiger partial charge in [-0.25, -0.2) is 4.98 Å². The van der Waals surface area contributed by atoms with E-state index < -0.39 is 0 Å². The molecule has 2 atom stereocenters. The smallest absolute Gasteiger partial charge is 0.123 e. The minimum atomic E-state index is 0.248. The number of rotatable bonds is 2. The van der Waals surface area contributed by atoms with Gasteiger partial charge in [0.15, 0.2) is 0 Å². The average molecular weight is 217 g/mol. The van der Waals surface area contributed by atoms with E-state index in [1.807, 2.05) is 19.1 Å². The molecule has 1 aromatic carbocycles. The summed E-state index contributed by atoms with van der Waals surface area (Å²) in [5.41, 5.74) is 2.39. The van der Waals surface area contributed by atoms with Crippen LogP contribution in [0.3, 0.4) is 0 Å². The molecule has 3 heteroatoms. The predicted octanol–water partition coefficient (Wildman–Crippen LogP) is 2.91. The van der Waals surface area contributed by atoms with Crippen LogP contribution in [0, 0.1) is 12.8 Å². The molecule has 0 bridgehead atoms. The Hall–Kier alpha value is -1.22. The van der Waals surface area contributed by atoms with Gasteiger partial charge in [0.1, 0.15) is 6.29 Å². The SMILES string of the molecule is Cc1nc2cccc(C3CC3C=O)c2s1.